The molecular weight excluding hydrogens is 368 g/mol. The molecule has 0 saturated carbocycles. The Kier molecular flexibility index (Phi) is 4.91. The minimum Gasteiger partial charge on any atom is -0.507 e. The average Bonchev–Trinajstić information content (AvgIpc) is 2.58. The highest BCUT2D eigenvalue weighted by molar-refractivity contribution is 9.10. The lowest BCUT2D eigenvalue weighted by molar-refractivity contribution is -0.120. The Morgan fingerprint density at radius 3 is 2.79 bits per heavy atom. The minimum atomic E-state index is -0.211. The van der Waals surface area contributed by atoms with Crippen molar-refractivity contribution in [3.8, 4) is 5.75 Å². The van der Waals surface area contributed by atoms with Crippen molar-refractivity contribution in [1.82, 2.24) is 5.43 Å². The van der Waals surface area contributed by atoms with E-state index in [0.717, 1.165) is 20.8 Å². The van der Waals surface area contributed by atoms with Gasteiger partial charge in [-0.15, -0.1) is 0 Å². The number of hydrogen-bond acceptors (Lipinski definition) is 3. The Bertz CT molecular complexity index is 917. The van der Waals surface area contributed by atoms with Crippen LogP contribution < -0.4 is 5.43 Å². The number of hydrazone groups is 1. The van der Waals surface area contributed by atoms with Gasteiger partial charge in [-0.3, -0.25) is 4.79 Å². The largest absolute Gasteiger partial charge is 0.507 e. The molecule has 0 atom stereocenters. The smallest absolute Gasteiger partial charge is 0.244 e. The van der Waals surface area contributed by atoms with E-state index in [-0.39, 0.29) is 18.1 Å². The van der Waals surface area contributed by atoms with Gasteiger partial charge in [0.25, 0.3) is 0 Å². The summed E-state index contributed by atoms with van der Waals surface area (Å²) in [5, 5.41) is 15.8. The third-order valence-electron chi connectivity index (χ3n) is 3.61. The molecule has 3 aromatic carbocycles. The van der Waals surface area contributed by atoms with Crippen LogP contribution >= 0.6 is 15.9 Å². The van der Waals surface area contributed by atoms with E-state index >= 15 is 0 Å². The molecular formula is C19H15BrN2O2. The predicted molar refractivity (Wildman–Crippen MR) is 99.2 cm³/mol. The molecule has 120 valence electrons. The second-order valence-corrected chi connectivity index (χ2v) is 6.23. The summed E-state index contributed by atoms with van der Waals surface area (Å²) in [5.74, 6) is -0.109. The summed E-state index contributed by atoms with van der Waals surface area (Å²) in [5.41, 5.74) is 3.97. The number of carbonyl (C=O) groups excluding carboxylic acids is 1. The zero-order chi connectivity index (χ0) is 16.9. The highest BCUT2D eigenvalue weighted by Gasteiger charge is 2.06. The number of nitrogens with zero attached hydrogens (tertiary/aromatic N) is 1. The van der Waals surface area contributed by atoms with Crippen molar-refractivity contribution in [2.24, 2.45) is 5.10 Å². The number of phenolic OH excluding ortho intramolecular Hbond substituents is 1. The van der Waals surface area contributed by atoms with E-state index in [1.165, 1.54) is 6.21 Å². The Balaban J connectivity index is 1.69. The summed E-state index contributed by atoms with van der Waals surface area (Å²) in [4.78, 5) is 12.1. The zero-order valence-electron chi connectivity index (χ0n) is 12.7. The van der Waals surface area contributed by atoms with Crippen molar-refractivity contribution in [3.63, 3.8) is 0 Å². The Labute approximate surface area is 148 Å². The van der Waals surface area contributed by atoms with Gasteiger partial charge in [-0.25, -0.2) is 5.43 Å². The summed E-state index contributed by atoms with van der Waals surface area (Å²) < 4.78 is 0.823. The van der Waals surface area contributed by atoms with E-state index in [1.807, 2.05) is 42.5 Å². The normalized spacial score (nSPS) is 11.0. The number of nitrogens with one attached hydrogen (secondary N) is 1. The molecule has 0 saturated heterocycles. The number of benzene rings is 3. The van der Waals surface area contributed by atoms with Crippen molar-refractivity contribution < 1.29 is 9.90 Å². The van der Waals surface area contributed by atoms with Crippen molar-refractivity contribution in [2.45, 2.75) is 6.42 Å². The van der Waals surface area contributed by atoms with Crippen LogP contribution in [-0.4, -0.2) is 17.2 Å². The first-order valence-electron chi connectivity index (χ1n) is 7.40. The summed E-state index contributed by atoms with van der Waals surface area (Å²) in [6, 6.07) is 18.8. The molecule has 0 bridgehead atoms. The van der Waals surface area contributed by atoms with E-state index < -0.39 is 0 Å². The third kappa shape index (κ3) is 3.81. The van der Waals surface area contributed by atoms with Crippen LogP contribution in [0.25, 0.3) is 10.8 Å². The molecule has 3 rings (SSSR count). The number of phenols is 1. The minimum absolute atomic E-state index is 0.102. The molecule has 24 heavy (non-hydrogen) atoms. The standard InChI is InChI=1S/C19H15BrN2O2/c20-16-8-9-18(23)15(10-16)12-21-22-19(24)11-14-6-3-5-13-4-1-2-7-17(13)14/h1-10,12,23H,11H2,(H,22,24). The van der Waals surface area contributed by atoms with E-state index in [2.05, 4.69) is 26.5 Å². The number of hydrogen-bond donors (Lipinski definition) is 2. The van der Waals surface area contributed by atoms with Gasteiger partial charge in [-0.05, 0) is 34.5 Å². The molecule has 3 aromatic rings. The second-order valence-electron chi connectivity index (χ2n) is 5.31. The van der Waals surface area contributed by atoms with Gasteiger partial charge in [0.15, 0.2) is 0 Å². The third-order valence-corrected chi connectivity index (χ3v) is 4.11. The van der Waals surface area contributed by atoms with Crippen LogP contribution in [0.2, 0.25) is 0 Å². The van der Waals surface area contributed by atoms with Crippen molar-refractivity contribution in [3.05, 3.63) is 76.3 Å². The number of amides is 1. The van der Waals surface area contributed by atoms with Crippen molar-refractivity contribution >= 4 is 38.8 Å². The number of rotatable bonds is 4. The molecule has 0 spiro atoms. The van der Waals surface area contributed by atoms with E-state index in [9.17, 15) is 9.90 Å². The Hall–Kier alpha value is -2.66. The SMILES string of the molecule is O=C(Cc1cccc2ccccc12)NN=Cc1cc(Br)ccc1O. The first-order valence-corrected chi connectivity index (χ1v) is 8.20. The van der Waals surface area contributed by atoms with E-state index in [0.29, 0.717) is 5.56 Å². The maximum absolute atomic E-state index is 12.1. The van der Waals surface area contributed by atoms with Crippen LogP contribution in [0.4, 0.5) is 0 Å². The van der Waals surface area contributed by atoms with Crippen molar-refractivity contribution in [2.75, 3.05) is 0 Å². The van der Waals surface area contributed by atoms with Gasteiger partial charge in [-0.2, -0.15) is 5.10 Å². The van der Waals surface area contributed by atoms with Crippen LogP contribution in [0.1, 0.15) is 11.1 Å². The molecule has 0 unspecified atom stereocenters. The van der Waals surface area contributed by atoms with Crippen LogP contribution in [0.3, 0.4) is 0 Å². The quantitative estimate of drug-likeness (QED) is 0.529. The fourth-order valence-electron chi connectivity index (χ4n) is 2.46. The molecule has 0 aliphatic carbocycles. The first-order chi connectivity index (χ1) is 11.6. The molecule has 1 amide bonds. The number of fused-ring (bicyclic) bond motifs is 1. The molecule has 0 heterocycles. The van der Waals surface area contributed by atoms with Gasteiger partial charge in [0.05, 0.1) is 12.6 Å². The van der Waals surface area contributed by atoms with E-state index in [1.54, 1.807) is 18.2 Å². The molecule has 0 aromatic heterocycles. The fourth-order valence-corrected chi connectivity index (χ4v) is 2.84. The molecule has 5 heteroatoms. The van der Waals surface area contributed by atoms with Crippen LogP contribution in [0.15, 0.2) is 70.2 Å². The first kappa shape index (κ1) is 16.2. The van der Waals surface area contributed by atoms with Gasteiger partial charge in [-0.1, -0.05) is 58.4 Å². The summed E-state index contributed by atoms with van der Waals surface area (Å²) in [7, 11) is 0. The van der Waals surface area contributed by atoms with Crippen LogP contribution in [0.5, 0.6) is 5.75 Å². The Morgan fingerprint density at radius 2 is 1.92 bits per heavy atom. The molecule has 0 fully saturated rings. The van der Waals surface area contributed by atoms with Crippen LogP contribution in [0, 0.1) is 0 Å². The Morgan fingerprint density at radius 1 is 1.12 bits per heavy atom. The predicted octanol–water partition coefficient (Wildman–Crippen LogP) is 4.00. The lowest BCUT2D eigenvalue weighted by Crippen LogP contribution is -2.19. The monoisotopic (exact) mass is 382 g/mol. The number of halogens is 1. The lowest BCUT2D eigenvalue weighted by atomic mass is 10.0. The van der Waals surface area contributed by atoms with E-state index in [4.69, 9.17) is 0 Å². The highest BCUT2D eigenvalue weighted by Crippen LogP contribution is 2.20. The summed E-state index contributed by atoms with van der Waals surface area (Å²) >= 11 is 3.32. The summed E-state index contributed by atoms with van der Waals surface area (Å²) in [6.45, 7) is 0. The second kappa shape index (κ2) is 7.27. The van der Waals surface area contributed by atoms with Crippen LogP contribution in [-0.2, 0) is 11.2 Å². The molecule has 0 radical (unpaired) electrons. The fraction of sp³-hybridized carbons (Fsp3) is 0.0526. The average molecular weight is 383 g/mol. The van der Waals surface area contributed by atoms with Crippen molar-refractivity contribution in [1.29, 1.82) is 0 Å². The molecule has 0 aliphatic heterocycles. The van der Waals surface area contributed by atoms with Gasteiger partial charge in [0, 0.05) is 10.0 Å². The van der Waals surface area contributed by atoms with Gasteiger partial charge >= 0.3 is 0 Å². The molecule has 2 N–H and O–H groups in total. The maximum Gasteiger partial charge on any atom is 0.244 e. The highest BCUT2D eigenvalue weighted by atomic mass is 79.9. The maximum atomic E-state index is 12.1. The van der Waals surface area contributed by atoms with Gasteiger partial charge in [0.2, 0.25) is 5.91 Å². The molecule has 0 aliphatic rings. The van der Waals surface area contributed by atoms with Gasteiger partial charge < -0.3 is 5.11 Å². The molecule has 4 nitrogen and oxygen atoms in total. The number of carbonyl (C=O) groups is 1. The summed E-state index contributed by atoms with van der Waals surface area (Å²) in [6.07, 6.45) is 1.66. The zero-order valence-corrected chi connectivity index (χ0v) is 14.3. The topological polar surface area (TPSA) is 61.7 Å². The lowest BCUT2D eigenvalue weighted by Gasteiger charge is -2.05. The number of aromatic hydroxyl groups is 1. The van der Waals surface area contributed by atoms with Gasteiger partial charge in [0.1, 0.15) is 5.75 Å².